The van der Waals surface area contributed by atoms with Crippen LogP contribution in [0.15, 0.2) is 29.4 Å². The van der Waals surface area contributed by atoms with Gasteiger partial charge in [-0.15, -0.1) is 5.10 Å². The first-order valence-electron chi connectivity index (χ1n) is 5.11. The van der Waals surface area contributed by atoms with Gasteiger partial charge in [0.1, 0.15) is 5.75 Å². The smallest absolute Gasteiger partial charge is 0.265 e. The number of phenolic OH excluding ortho intramolecular Hbond substituents is 1. The molecule has 0 fully saturated rings. The van der Waals surface area contributed by atoms with E-state index >= 15 is 0 Å². The minimum atomic E-state index is -3.99. The quantitative estimate of drug-likeness (QED) is 0.600. The van der Waals surface area contributed by atoms with Crippen molar-refractivity contribution in [3.8, 4) is 11.4 Å². The van der Waals surface area contributed by atoms with Gasteiger partial charge in [-0.25, -0.2) is 0 Å². The number of aromatic nitrogens is 4. The van der Waals surface area contributed by atoms with Crippen LogP contribution in [0, 0.1) is 0 Å². The Bertz CT molecular complexity index is 653. The van der Waals surface area contributed by atoms with Crippen molar-refractivity contribution in [2.24, 2.45) is 0 Å². The molecule has 0 atom stereocenters. The molecule has 0 saturated heterocycles. The largest absolute Gasteiger partial charge is 0.508 e. The van der Waals surface area contributed by atoms with E-state index in [1.807, 2.05) is 0 Å². The van der Waals surface area contributed by atoms with Gasteiger partial charge >= 0.3 is 0 Å². The van der Waals surface area contributed by atoms with Gasteiger partial charge in [0.05, 0.1) is 11.4 Å². The molecule has 2 N–H and O–H groups in total. The second-order valence-corrected chi connectivity index (χ2v) is 6.16. The molecule has 2 rings (SSSR count). The van der Waals surface area contributed by atoms with Crippen molar-refractivity contribution in [2.45, 2.75) is 5.16 Å². The molecule has 0 radical (unpaired) electrons. The molecule has 2 aromatic rings. The van der Waals surface area contributed by atoms with E-state index in [1.165, 1.54) is 16.8 Å². The normalized spacial score (nSPS) is 11.6. The molecule has 19 heavy (non-hydrogen) atoms. The Morgan fingerprint density at radius 2 is 1.95 bits per heavy atom. The van der Waals surface area contributed by atoms with Gasteiger partial charge in [0, 0.05) is 5.75 Å². The van der Waals surface area contributed by atoms with Gasteiger partial charge in [-0.1, -0.05) is 11.8 Å². The van der Waals surface area contributed by atoms with Crippen LogP contribution in [0.25, 0.3) is 5.69 Å². The fraction of sp³-hybridized carbons (Fsp3) is 0.222. The highest BCUT2D eigenvalue weighted by Gasteiger charge is 2.11. The van der Waals surface area contributed by atoms with Crippen molar-refractivity contribution in [3.05, 3.63) is 24.3 Å². The van der Waals surface area contributed by atoms with Crippen molar-refractivity contribution in [2.75, 3.05) is 11.5 Å². The van der Waals surface area contributed by atoms with E-state index in [0.29, 0.717) is 10.8 Å². The van der Waals surface area contributed by atoms with Gasteiger partial charge in [0.25, 0.3) is 10.1 Å². The van der Waals surface area contributed by atoms with Crippen LogP contribution < -0.4 is 0 Å². The third-order valence-corrected chi connectivity index (χ3v) is 4.01. The van der Waals surface area contributed by atoms with Crippen molar-refractivity contribution >= 4 is 21.9 Å². The summed E-state index contributed by atoms with van der Waals surface area (Å²) in [6.07, 6.45) is 0. The summed E-state index contributed by atoms with van der Waals surface area (Å²) >= 11 is 1.10. The summed E-state index contributed by atoms with van der Waals surface area (Å²) in [5.41, 5.74) is 0.636. The number of hydrogen-bond donors (Lipinski definition) is 2. The van der Waals surface area contributed by atoms with Gasteiger partial charge in [0.15, 0.2) is 0 Å². The predicted molar refractivity (Wildman–Crippen MR) is 68.0 cm³/mol. The van der Waals surface area contributed by atoms with E-state index in [1.54, 1.807) is 12.1 Å². The maximum absolute atomic E-state index is 10.6. The highest BCUT2D eigenvalue weighted by atomic mass is 32.2. The molecule has 0 aliphatic carbocycles. The van der Waals surface area contributed by atoms with Crippen molar-refractivity contribution < 1.29 is 18.1 Å². The number of aromatic hydroxyl groups is 1. The van der Waals surface area contributed by atoms with Crippen LogP contribution >= 0.6 is 11.8 Å². The zero-order valence-corrected chi connectivity index (χ0v) is 11.2. The average molecular weight is 302 g/mol. The first-order chi connectivity index (χ1) is 8.96. The molecule has 0 aliphatic rings. The highest BCUT2D eigenvalue weighted by molar-refractivity contribution is 8.00. The standard InChI is InChI=1S/C9H10N4O4S2/c14-8-3-1-7(2-4-8)13-9(10-11-12-13)18-5-6-19(15,16)17/h1-4,14H,5-6H2,(H,15,16,17). The van der Waals surface area contributed by atoms with Gasteiger partial charge in [0.2, 0.25) is 5.16 Å². The Hall–Kier alpha value is -1.65. The van der Waals surface area contributed by atoms with Gasteiger partial charge < -0.3 is 5.11 Å². The van der Waals surface area contributed by atoms with Crippen LogP contribution in [0.3, 0.4) is 0 Å². The fourth-order valence-electron chi connectivity index (χ4n) is 1.26. The molecule has 0 unspecified atom stereocenters. The second kappa shape index (κ2) is 5.55. The summed E-state index contributed by atoms with van der Waals surface area (Å²) in [5, 5.41) is 20.6. The maximum atomic E-state index is 10.6. The SMILES string of the molecule is O=S(=O)(O)CCSc1nnnn1-c1ccc(O)cc1. The maximum Gasteiger partial charge on any atom is 0.265 e. The Morgan fingerprint density at radius 1 is 1.26 bits per heavy atom. The average Bonchev–Trinajstić information content (AvgIpc) is 2.77. The molecule has 1 heterocycles. The summed E-state index contributed by atoms with van der Waals surface area (Å²) in [4.78, 5) is 0. The molecule has 1 aromatic heterocycles. The first-order valence-corrected chi connectivity index (χ1v) is 7.71. The Labute approximate surface area is 113 Å². The molecule has 1 aromatic carbocycles. The lowest BCUT2D eigenvalue weighted by Gasteiger charge is -2.03. The summed E-state index contributed by atoms with van der Waals surface area (Å²) in [6, 6.07) is 6.23. The Kier molecular flexibility index (Phi) is 4.02. The predicted octanol–water partition coefficient (Wildman–Crippen LogP) is 0.348. The first kappa shape index (κ1) is 13.8. The van der Waals surface area contributed by atoms with Gasteiger partial charge in [-0.2, -0.15) is 13.1 Å². The zero-order valence-electron chi connectivity index (χ0n) is 9.54. The molecule has 0 saturated carbocycles. The third-order valence-electron chi connectivity index (χ3n) is 2.11. The summed E-state index contributed by atoms with van der Waals surface area (Å²) in [6.45, 7) is 0. The van der Waals surface area contributed by atoms with Crippen molar-refractivity contribution in [1.29, 1.82) is 0 Å². The molecule has 0 spiro atoms. The topological polar surface area (TPSA) is 118 Å². The molecule has 8 nitrogen and oxygen atoms in total. The third kappa shape index (κ3) is 3.91. The second-order valence-electron chi connectivity index (χ2n) is 3.52. The van der Waals surface area contributed by atoms with Crippen LogP contribution in [0.1, 0.15) is 0 Å². The highest BCUT2D eigenvalue weighted by Crippen LogP contribution is 2.19. The summed E-state index contributed by atoms with van der Waals surface area (Å²) < 4.78 is 31.3. The van der Waals surface area contributed by atoms with Crippen molar-refractivity contribution in [1.82, 2.24) is 20.2 Å². The van der Waals surface area contributed by atoms with E-state index in [2.05, 4.69) is 15.5 Å². The number of phenols is 1. The molecular formula is C9H10N4O4S2. The molecular weight excluding hydrogens is 292 g/mol. The minimum absolute atomic E-state index is 0.123. The fourth-order valence-corrected chi connectivity index (χ4v) is 2.98. The molecule has 0 aliphatic heterocycles. The lowest BCUT2D eigenvalue weighted by atomic mass is 10.3. The molecule has 0 amide bonds. The van der Waals surface area contributed by atoms with Crippen LogP contribution in [0.4, 0.5) is 0 Å². The number of thioether (sulfide) groups is 1. The van der Waals surface area contributed by atoms with Crippen LogP contribution in [0.2, 0.25) is 0 Å². The summed E-state index contributed by atoms with van der Waals surface area (Å²) in [5.74, 6) is -0.116. The van der Waals surface area contributed by atoms with E-state index in [0.717, 1.165) is 11.8 Å². The Balaban J connectivity index is 2.12. The lowest BCUT2D eigenvalue weighted by molar-refractivity contribution is 0.475. The monoisotopic (exact) mass is 302 g/mol. The van der Waals surface area contributed by atoms with E-state index in [4.69, 9.17) is 4.55 Å². The van der Waals surface area contributed by atoms with E-state index < -0.39 is 10.1 Å². The van der Waals surface area contributed by atoms with Crippen LogP contribution in [-0.2, 0) is 10.1 Å². The van der Waals surface area contributed by atoms with E-state index in [-0.39, 0.29) is 17.3 Å². The molecule has 102 valence electrons. The van der Waals surface area contributed by atoms with Crippen molar-refractivity contribution in [3.63, 3.8) is 0 Å². The number of rotatable bonds is 5. The van der Waals surface area contributed by atoms with Crippen LogP contribution in [0.5, 0.6) is 5.75 Å². The molecule has 0 bridgehead atoms. The lowest BCUT2D eigenvalue weighted by Crippen LogP contribution is -2.07. The van der Waals surface area contributed by atoms with Gasteiger partial charge in [-0.05, 0) is 34.7 Å². The Morgan fingerprint density at radius 3 is 2.58 bits per heavy atom. The van der Waals surface area contributed by atoms with Crippen LogP contribution in [-0.4, -0.2) is 49.8 Å². The zero-order chi connectivity index (χ0) is 13.9. The number of benzene rings is 1. The number of hydrogen-bond acceptors (Lipinski definition) is 7. The minimum Gasteiger partial charge on any atom is -0.508 e. The van der Waals surface area contributed by atoms with Gasteiger partial charge in [-0.3, -0.25) is 4.55 Å². The number of nitrogens with zero attached hydrogens (tertiary/aromatic N) is 4. The summed E-state index contributed by atoms with van der Waals surface area (Å²) in [7, 11) is -3.99. The number of tetrazole rings is 1. The molecule has 10 heteroatoms. The van der Waals surface area contributed by atoms with E-state index in [9.17, 15) is 13.5 Å².